The SMILES string of the molecule is C=CCn1c(=NC(=O)c2ccccc2NS(=O)(=O)c2ccc(C)cc2)sc2c(C)cc(C)cc21. The van der Waals surface area contributed by atoms with Crippen LogP contribution in [-0.2, 0) is 16.6 Å². The summed E-state index contributed by atoms with van der Waals surface area (Å²) in [5.74, 6) is -0.527. The third-order valence-electron chi connectivity index (χ3n) is 5.36. The number of thiazole rings is 1. The number of nitrogens with zero attached hydrogens (tertiary/aromatic N) is 2. The summed E-state index contributed by atoms with van der Waals surface area (Å²) in [7, 11) is -3.87. The lowest BCUT2D eigenvalue weighted by Gasteiger charge is -2.11. The number of fused-ring (bicyclic) bond motifs is 1. The number of anilines is 1. The monoisotopic (exact) mass is 491 g/mol. The summed E-state index contributed by atoms with van der Waals surface area (Å²) in [5, 5.41) is 0. The van der Waals surface area contributed by atoms with Gasteiger partial charge in [-0.25, -0.2) is 8.42 Å². The van der Waals surface area contributed by atoms with E-state index in [1.54, 1.807) is 42.5 Å². The molecule has 0 spiro atoms. The number of hydrogen-bond donors (Lipinski definition) is 1. The normalized spacial score (nSPS) is 12.1. The summed E-state index contributed by atoms with van der Waals surface area (Å²) in [6, 6.07) is 17.2. The van der Waals surface area contributed by atoms with Gasteiger partial charge in [-0.3, -0.25) is 9.52 Å². The molecule has 174 valence electrons. The number of amides is 1. The molecule has 6 nitrogen and oxygen atoms in total. The van der Waals surface area contributed by atoms with Crippen molar-refractivity contribution in [2.45, 2.75) is 32.2 Å². The molecule has 34 heavy (non-hydrogen) atoms. The number of nitrogens with one attached hydrogen (secondary N) is 1. The van der Waals surface area contributed by atoms with Gasteiger partial charge in [0.15, 0.2) is 4.80 Å². The molecule has 3 aromatic carbocycles. The molecule has 0 unspecified atom stereocenters. The summed E-state index contributed by atoms with van der Waals surface area (Å²) >= 11 is 1.43. The molecule has 0 aliphatic heterocycles. The van der Waals surface area contributed by atoms with Crippen molar-refractivity contribution in [1.29, 1.82) is 0 Å². The van der Waals surface area contributed by atoms with E-state index in [4.69, 9.17) is 0 Å². The van der Waals surface area contributed by atoms with Crippen molar-refractivity contribution in [2.24, 2.45) is 4.99 Å². The Bertz CT molecular complexity index is 1580. The predicted octanol–water partition coefficient (Wildman–Crippen LogP) is 5.36. The Labute approximate surface area is 203 Å². The van der Waals surface area contributed by atoms with E-state index in [1.807, 2.05) is 25.3 Å². The van der Waals surface area contributed by atoms with Gasteiger partial charge in [-0.1, -0.05) is 53.3 Å². The van der Waals surface area contributed by atoms with Crippen molar-refractivity contribution in [2.75, 3.05) is 4.72 Å². The third kappa shape index (κ3) is 4.73. The molecule has 1 amide bonds. The van der Waals surface area contributed by atoms with Gasteiger partial charge in [0.1, 0.15) is 0 Å². The molecule has 0 bridgehead atoms. The van der Waals surface area contributed by atoms with Gasteiger partial charge in [-0.2, -0.15) is 4.99 Å². The Balaban J connectivity index is 1.78. The molecule has 4 aromatic rings. The minimum atomic E-state index is -3.87. The van der Waals surface area contributed by atoms with E-state index in [1.165, 1.54) is 23.5 Å². The topological polar surface area (TPSA) is 80.5 Å². The lowest BCUT2D eigenvalue weighted by molar-refractivity contribution is 0.0998. The first-order valence-electron chi connectivity index (χ1n) is 10.7. The first-order valence-corrected chi connectivity index (χ1v) is 13.0. The number of carbonyl (C=O) groups is 1. The van der Waals surface area contributed by atoms with E-state index in [9.17, 15) is 13.2 Å². The Kier molecular flexibility index (Phi) is 6.54. The molecular weight excluding hydrogens is 466 g/mol. The first-order chi connectivity index (χ1) is 16.2. The van der Waals surface area contributed by atoms with E-state index < -0.39 is 15.9 Å². The Morgan fingerprint density at radius 2 is 1.76 bits per heavy atom. The van der Waals surface area contributed by atoms with E-state index in [0.717, 1.165) is 26.9 Å². The maximum Gasteiger partial charge on any atom is 0.281 e. The minimum Gasteiger partial charge on any atom is -0.312 e. The Morgan fingerprint density at radius 3 is 2.47 bits per heavy atom. The first kappa shape index (κ1) is 23.7. The van der Waals surface area contributed by atoms with Crippen molar-refractivity contribution in [3.05, 3.63) is 100 Å². The molecule has 8 heteroatoms. The fourth-order valence-corrected chi connectivity index (χ4v) is 5.90. The van der Waals surface area contributed by atoms with Gasteiger partial charge in [0.2, 0.25) is 0 Å². The minimum absolute atomic E-state index is 0.122. The second kappa shape index (κ2) is 9.40. The van der Waals surface area contributed by atoms with Gasteiger partial charge in [0.05, 0.1) is 26.4 Å². The molecule has 0 saturated heterocycles. The number of allylic oxidation sites excluding steroid dienone is 1. The zero-order valence-electron chi connectivity index (χ0n) is 19.2. The van der Waals surface area contributed by atoms with Crippen LogP contribution in [0.3, 0.4) is 0 Å². The Morgan fingerprint density at radius 1 is 1.06 bits per heavy atom. The maximum atomic E-state index is 13.3. The summed E-state index contributed by atoms with van der Waals surface area (Å²) in [6.45, 7) is 10.3. The molecule has 1 aromatic heterocycles. The zero-order valence-corrected chi connectivity index (χ0v) is 20.8. The average Bonchev–Trinajstić information content (AvgIpc) is 3.12. The molecular formula is C26H25N3O3S2. The van der Waals surface area contributed by atoms with Crippen LogP contribution in [0.2, 0.25) is 0 Å². The van der Waals surface area contributed by atoms with E-state index in [2.05, 4.69) is 28.4 Å². The van der Waals surface area contributed by atoms with Crippen molar-refractivity contribution in [3.63, 3.8) is 0 Å². The second-order valence-corrected chi connectivity index (χ2v) is 10.8. The van der Waals surface area contributed by atoms with Crippen LogP contribution in [0.5, 0.6) is 0 Å². The summed E-state index contributed by atoms with van der Waals surface area (Å²) in [5.41, 5.74) is 4.53. The van der Waals surface area contributed by atoms with Gasteiger partial charge in [-0.15, -0.1) is 6.58 Å². The lowest BCUT2D eigenvalue weighted by atomic mass is 10.1. The molecule has 0 aliphatic carbocycles. The number of hydrogen-bond acceptors (Lipinski definition) is 4. The summed E-state index contributed by atoms with van der Waals surface area (Å²) < 4.78 is 31.4. The highest BCUT2D eigenvalue weighted by molar-refractivity contribution is 7.92. The molecule has 0 saturated carbocycles. The smallest absolute Gasteiger partial charge is 0.281 e. The molecule has 1 N–H and O–H groups in total. The highest BCUT2D eigenvalue weighted by Crippen LogP contribution is 2.25. The van der Waals surface area contributed by atoms with Crippen LogP contribution in [0.25, 0.3) is 10.2 Å². The average molecular weight is 492 g/mol. The van der Waals surface area contributed by atoms with Gasteiger partial charge < -0.3 is 4.57 Å². The summed E-state index contributed by atoms with van der Waals surface area (Å²) in [4.78, 5) is 18.3. The van der Waals surface area contributed by atoms with Crippen LogP contribution < -0.4 is 9.52 Å². The van der Waals surface area contributed by atoms with E-state index >= 15 is 0 Å². The fraction of sp³-hybridized carbons (Fsp3) is 0.154. The quantitative estimate of drug-likeness (QED) is 0.369. The number of carbonyl (C=O) groups excluding carboxylic acids is 1. The number of aromatic nitrogens is 1. The van der Waals surface area contributed by atoms with Gasteiger partial charge in [-0.05, 0) is 62.2 Å². The maximum absolute atomic E-state index is 13.3. The number of sulfonamides is 1. The Hall–Kier alpha value is -3.49. The predicted molar refractivity (Wildman–Crippen MR) is 138 cm³/mol. The number of rotatable bonds is 6. The largest absolute Gasteiger partial charge is 0.312 e. The van der Waals surface area contributed by atoms with Crippen LogP contribution in [0, 0.1) is 20.8 Å². The molecule has 0 fully saturated rings. The van der Waals surface area contributed by atoms with Crippen LogP contribution in [0.1, 0.15) is 27.0 Å². The van der Waals surface area contributed by atoms with Crippen LogP contribution in [0.15, 0.2) is 83.2 Å². The van der Waals surface area contributed by atoms with Gasteiger partial charge in [0.25, 0.3) is 15.9 Å². The van der Waals surface area contributed by atoms with Crippen molar-refractivity contribution in [3.8, 4) is 0 Å². The molecule has 0 atom stereocenters. The van der Waals surface area contributed by atoms with Crippen molar-refractivity contribution >= 4 is 43.2 Å². The van der Waals surface area contributed by atoms with Crippen molar-refractivity contribution < 1.29 is 13.2 Å². The zero-order chi connectivity index (χ0) is 24.5. The molecule has 0 aliphatic rings. The standard InChI is InChI=1S/C26H25N3O3S2/c1-5-14-29-23-16-18(3)15-19(4)24(23)33-26(29)27-25(30)21-8-6-7-9-22(21)28-34(31,32)20-12-10-17(2)11-13-20/h5-13,15-16,28H,1,14H2,2-4H3. The van der Waals surface area contributed by atoms with E-state index in [0.29, 0.717) is 11.3 Å². The second-order valence-electron chi connectivity index (χ2n) is 8.10. The number of benzene rings is 3. The van der Waals surface area contributed by atoms with Crippen LogP contribution in [-0.4, -0.2) is 18.9 Å². The molecule has 4 rings (SSSR count). The number of para-hydroxylation sites is 1. The van der Waals surface area contributed by atoms with Gasteiger partial charge >= 0.3 is 0 Å². The number of aryl methyl sites for hydroxylation is 3. The van der Waals surface area contributed by atoms with Crippen LogP contribution in [0.4, 0.5) is 5.69 Å². The third-order valence-corrected chi connectivity index (χ3v) is 7.97. The molecule has 0 radical (unpaired) electrons. The highest BCUT2D eigenvalue weighted by atomic mass is 32.2. The van der Waals surface area contributed by atoms with Crippen LogP contribution >= 0.6 is 11.3 Å². The molecule has 1 heterocycles. The summed E-state index contributed by atoms with van der Waals surface area (Å²) in [6.07, 6.45) is 1.76. The lowest BCUT2D eigenvalue weighted by Crippen LogP contribution is -2.18. The fourth-order valence-electron chi connectivity index (χ4n) is 3.73. The van der Waals surface area contributed by atoms with Crippen molar-refractivity contribution in [1.82, 2.24) is 4.57 Å². The highest BCUT2D eigenvalue weighted by Gasteiger charge is 2.19. The van der Waals surface area contributed by atoms with Gasteiger partial charge in [0, 0.05) is 6.54 Å². The van der Waals surface area contributed by atoms with E-state index in [-0.39, 0.29) is 16.1 Å².